The molecule has 0 spiro atoms. The van der Waals surface area contributed by atoms with E-state index in [4.69, 9.17) is 9.47 Å². The molecule has 1 saturated heterocycles. The first-order valence-corrected chi connectivity index (χ1v) is 9.68. The van der Waals surface area contributed by atoms with Crippen LogP contribution < -0.4 is 4.74 Å². The molecule has 2 aromatic carbocycles. The third kappa shape index (κ3) is 5.32. The first kappa shape index (κ1) is 19.4. The summed E-state index contributed by atoms with van der Waals surface area (Å²) in [6.45, 7) is 9.65. The minimum absolute atomic E-state index is 0.703. The third-order valence-corrected chi connectivity index (χ3v) is 4.98. The lowest BCUT2D eigenvalue weighted by molar-refractivity contribution is 0.0357. The zero-order valence-corrected chi connectivity index (χ0v) is 16.3. The van der Waals surface area contributed by atoms with Gasteiger partial charge in [-0.05, 0) is 43.0 Å². The molecule has 0 saturated carbocycles. The van der Waals surface area contributed by atoms with E-state index in [9.17, 15) is 5.26 Å². The molecule has 0 aliphatic carbocycles. The Morgan fingerprint density at radius 3 is 2.67 bits per heavy atom. The Kier molecular flexibility index (Phi) is 6.86. The Bertz CT molecular complexity index is 805. The molecule has 142 valence electrons. The normalized spacial score (nSPS) is 14.7. The molecule has 0 atom stereocenters. The Hall–Kier alpha value is -2.35. The molecule has 27 heavy (non-hydrogen) atoms. The Morgan fingerprint density at radius 2 is 1.89 bits per heavy atom. The second-order valence-corrected chi connectivity index (χ2v) is 7.17. The van der Waals surface area contributed by atoms with Crippen molar-refractivity contribution in [1.82, 2.24) is 4.90 Å². The van der Waals surface area contributed by atoms with Crippen LogP contribution in [-0.2, 0) is 11.2 Å². The van der Waals surface area contributed by atoms with Crippen molar-refractivity contribution < 1.29 is 9.47 Å². The van der Waals surface area contributed by atoms with Gasteiger partial charge in [-0.1, -0.05) is 35.9 Å². The van der Waals surface area contributed by atoms with Gasteiger partial charge < -0.3 is 9.47 Å². The van der Waals surface area contributed by atoms with Crippen LogP contribution >= 0.6 is 0 Å². The van der Waals surface area contributed by atoms with Crippen molar-refractivity contribution in [2.45, 2.75) is 26.7 Å². The third-order valence-electron chi connectivity index (χ3n) is 4.98. The van der Waals surface area contributed by atoms with Crippen LogP contribution in [-0.4, -0.2) is 44.4 Å². The smallest absolute Gasteiger partial charge is 0.125 e. The lowest BCUT2D eigenvalue weighted by atomic mass is 9.96. The summed E-state index contributed by atoms with van der Waals surface area (Å²) in [4.78, 5) is 2.43. The number of aryl methyl sites for hydroxylation is 2. The molecule has 1 fully saturated rings. The molecule has 0 aromatic heterocycles. The van der Waals surface area contributed by atoms with Gasteiger partial charge in [0, 0.05) is 26.1 Å². The largest absolute Gasteiger partial charge is 0.493 e. The summed E-state index contributed by atoms with van der Waals surface area (Å²) in [5, 5.41) is 9.38. The van der Waals surface area contributed by atoms with Crippen molar-refractivity contribution in [1.29, 1.82) is 5.26 Å². The van der Waals surface area contributed by atoms with Crippen LogP contribution in [0.25, 0.3) is 0 Å². The van der Waals surface area contributed by atoms with Gasteiger partial charge in [-0.15, -0.1) is 0 Å². The van der Waals surface area contributed by atoms with E-state index in [-0.39, 0.29) is 0 Å². The number of hydrogen-bond donors (Lipinski definition) is 0. The molecule has 3 rings (SSSR count). The molecule has 0 bridgehead atoms. The van der Waals surface area contributed by atoms with Crippen molar-refractivity contribution in [2.24, 2.45) is 0 Å². The van der Waals surface area contributed by atoms with Gasteiger partial charge in [0.1, 0.15) is 5.75 Å². The predicted molar refractivity (Wildman–Crippen MR) is 107 cm³/mol. The summed E-state index contributed by atoms with van der Waals surface area (Å²) in [7, 11) is 0. The second kappa shape index (κ2) is 9.55. The molecule has 0 radical (unpaired) electrons. The summed E-state index contributed by atoms with van der Waals surface area (Å²) in [5.74, 6) is 0.968. The molecular formula is C23H28N2O2. The monoisotopic (exact) mass is 364 g/mol. The topological polar surface area (TPSA) is 45.5 Å². The van der Waals surface area contributed by atoms with Crippen LogP contribution in [0.4, 0.5) is 0 Å². The summed E-state index contributed by atoms with van der Waals surface area (Å²) in [6.07, 6.45) is 1.71. The highest BCUT2D eigenvalue weighted by atomic mass is 16.5. The molecular weight excluding hydrogens is 336 g/mol. The summed E-state index contributed by atoms with van der Waals surface area (Å²) in [6, 6.07) is 14.4. The predicted octanol–water partition coefficient (Wildman–Crippen LogP) is 3.87. The van der Waals surface area contributed by atoms with Crippen molar-refractivity contribution in [3.05, 3.63) is 64.2 Å². The van der Waals surface area contributed by atoms with Gasteiger partial charge >= 0.3 is 0 Å². The highest BCUT2D eigenvalue weighted by molar-refractivity contribution is 5.48. The average molecular weight is 364 g/mol. The van der Waals surface area contributed by atoms with Crippen LogP contribution in [0.5, 0.6) is 5.75 Å². The highest BCUT2D eigenvalue weighted by Crippen LogP contribution is 2.28. The van der Waals surface area contributed by atoms with E-state index in [1.165, 1.54) is 5.56 Å². The molecule has 0 N–H and O–H groups in total. The standard InChI is InChI=1S/C23H28N2O2/c1-18-14-19(2)23(27-11-5-8-25-9-12-26-13-10-25)22(15-18)16-20-6-3-4-7-21(20)17-24/h3-4,6-7,14-15H,5,8-13,16H2,1-2H3. The van der Waals surface area contributed by atoms with Gasteiger partial charge in [-0.3, -0.25) is 4.90 Å². The van der Waals surface area contributed by atoms with Gasteiger partial charge in [0.15, 0.2) is 0 Å². The van der Waals surface area contributed by atoms with Crippen molar-refractivity contribution >= 4 is 0 Å². The van der Waals surface area contributed by atoms with Crippen molar-refractivity contribution in [3.63, 3.8) is 0 Å². The Morgan fingerprint density at radius 1 is 1.11 bits per heavy atom. The molecule has 0 unspecified atom stereocenters. The van der Waals surface area contributed by atoms with E-state index in [2.05, 4.69) is 36.9 Å². The van der Waals surface area contributed by atoms with Crippen molar-refractivity contribution in [2.75, 3.05) is 39.5 Å². The van der Waals surface area contributed by atoms with Crippen LogP contribution in [0.15, 0.2) is 36.4 Å². The molecule has 1 aliphatic heterocycles. The minimum atomic E-state index is 0.703. The van der Waals surface area contributed by atoms with Gasteiger partial charge in [0.25, 0.3) is 0 Å². The van der Waals surface area contributed by atoms with Crippen LogP contribution in [0.2, 0.25) is 0 Å². The van der Waals surface area contributed by atoms with Gasteiger partial charge in [0.2, 0.25) is 0 Å². The van der Waals surface area contributed by atoms with Crippen LogP contribution in [0, 0.1) is 25.2 Å². The summed E-state index contributed by atoms with van der Waals surface area (Å²) < 4.78 is 11.6. The zero-order chi connectivity index (χ0) is 19.1. The lowest BCUT2D eigenvalue weighted by Gasteiger charge is -2.26. The van der Waals surface area contributed by atoms with Gasteiger partial charge in [0.05, 0.1) is 31.5 Å². The number of benzene rings is 2. The molecule has 0 amide bonds. The molecule has 1 aliphatic rings. The number of nitrogens with zero attached hydrogens (tertiary/aromatic N) is 2. The molecule has 4 nitrogen and oxygen atoms in total. The van der Waals surface area contributed by atoms with Gasteiger partial charge in [-0.25, -0.2) is 0 Å². The number of ether oxygens (including phenoxy) is 2. The van der Waals surface area contributed by atoms with Crippen molar-refractivity contribution in [3.8, 4) is 11.8 Å². The lowest BCUT2D eigenvalue weighted by Crippen LogP contribution is -2.37. The maximum atomic E-state index is 9.38. The quantitative estimate of drug-likeness (QED) is 0.700. The van der Waals surface area contributed by atoms with E-state index in [0.717, 1.165) is 67.3 Å². The van der Waals surface area contributed by atoms with E-state index >= 15 is 0 Å². The fraction of sp³-hybridized carbons (Fsp3) is 0.435. The van der Waals surface area contributed by atoms with E-state index in [1.54, 1.807) is 0 Å². The van der Waals surface area contributed by atoms with Gasteiger partial charge in [-0.2, -0.15) is 5.26 Å². The average Bonchev–Trinajstić information content (AvgIpc) is 2.68. The zero-order valence-electron chi connectivity index (χ0n) is 16.3. The molecule has 2 aromatic rings. The Labute approximate surface area is 162 Å². The molecule has 1 heterocycles. The maximum absolute atomic E-state index is 9.38. The highest BCUT2D eigenvalue weighted by Gasteiger charge is 2.13. The number of morpholine rings is 1. The summed E-state index contributed by atoms with van der Waals surface area (Å²) in [5.41, 5.74) is 5.31. The number of hydrogen-bond acceptors (Lipinski definition) is 4. The maximum Gasteiger partial charge on any atom is 0.125 e. The van der Waals surface area contributed by atoms with E-state index in [1.807, 2.05) is 24.3 Å². The van der Waals surface area contributed by atoms with Crippen LogP contribution in [0.1, 0.15) is 34.2 Å². The molecule has 4 heteroatoms. The SMILES string of the molecule is Cc1cc(C)c(OCCCN2CCOCC2)c(Cc2ccccc2C#N)c1. The fourth-order valence-electron chi connectivity index (χ4n) is 3.66. The second-order valence-electron chi connectivity index (χ2n) is 7.17. The van der Waals surface area contributed by atoms with Crippen LogP contribution in [0.3, 0.4) is 0 Å². The number of rotatable bonds is 7. The first-order chi connectivity index (χ1) is 13.2. The summed E-state index contributed by atoms with van der Waals surface area (Å²) >= 11 is 0. The minimum Gasteiger partial charge on any atom is -0.493 e. The Balaban J connectivity index is 1.68. The number of nitriles is 1. The fourth-order valence-corrected chi connectivity index (χ4v) is 3.66. The van der Waals surface area contributed by atoms with E-state index < -0.39 is 0 Å². The first-order valence-electron chi connectivity index (χ1n) is 9.68. The van der Waals surface area contributed by atoms with E-state index in [0.29, 0.717) is 13.0 Å².